The van der Waals surface area contributed by atoms with E-state index in [1.165, 1.54) is 24.3 Å². The summed E-state index contributed by atoms with van der Waals surface area (Å²) >= 11 is 6.90. The maximum Gasteiger partial charge on any atom is 0.337 e. The minimum atomic E-state index is -1.14. The van der Waals surface area contributed by atoms with Crippen LogP contribution in [0.25, 0.3) is 0 Å². The Balaban J connectivity index is 2.30. The van der Waals surface area contributed by atoms with Crippen molar-refractivity contribution in [3.8, 4) is 0 Å². The van der Waals surface area contributed by atoms with Crippen LogP contribution < -0.4 is 5.73 Å². The number of anilines is 1. The Kier molecular flexibility index (Phi) is 4.29. The van der Waals surface area contributed by atoms with Gasteiger partial charge in [0, 0.05) is 11.0 Å². The topological polar surface area (TPSA) is 119 Å². The van der Waals surface area contributed by atoms with Crippen LogP contribution in [0.4, 0.5) is 11.5 Å². The molecular formula is C12H8ClN3O4S. The molecule has 1 aromatic heterocycles. The Morgan fingerprint density at radius 1 is 1.38 bits per heavy atom. The largest absolute Gasteiger partial charge is 0.478 e. The van der Waals surface area contributed by atoms with Gasteiger partial charge in [0.2, 0.25) is 5.82 Å². The van der Waals surface area contributed by atoms with Gasteiger partial charge in [-0.05, 0) is 24.3 Å². The highest BCUT2D eigenvalue weighted by Crippen LogP contribution is 2.31. The summed E-state index contributed by atoms with van der Waals surface area (Å²) in [4.78, 5) is 25.5. The standard InChI is InChI=1S/C12H8ClN3O4S/c13-8-2-1-6(5-7(8)12(17)18)21-10-4-3-9(16(19)20)11(14)15-10/h1-5H,(H2,14,15)(H,17,18). The molecule has 0 unspecified atom stereocenters. The second-order valence-corrected chi connectivity index (χ2v) is 5.36. The zero-order valence-corrected chi connectivity index (χ0v) is 11.9. The van der Waals surface area contributed by atoms with E-state index in [9.17, 15) is 14.9 Å². The normalized spacial score (nSPS) is 10.3. The number of hydrogen-bond acceptors (Lipinski definition) is 6. The van der Waals surface area contributed by atoms with Crippen molar-refractivity contribution in [3.05, 3.63) is 51.0 Å². The molecule has 0 bridgehead atoms. The quantitative estimate of drug-likeness (QED) is 0.654. The fourth-order valence-electron chi connectivity index (χ4n) is 1.51. The average molecular weight is 326 g/mol. The molecule has 3 N–H and O–H groups in total. The highest BCUT2D eigenvalue weighted by atomic mass is 35.5. The van der Waals surface area contributed by atoms with Crippen molar-refractivity contribution in [2.45, 2.75) is 9.92 Å². The van der Waals surface area contributed by atoms with E-state index in [1.54, 1.807) is 6.07 Å². The van der Waals surface area contributed by atoms with Crippen molar-refractivity contribution in [2.24, 2.45) is 0 Å². The molecule has 9 heteroatoms. The van der Waals surface area contributed by atoms with Crippen LogP contribution in [0.15, 0.2) is 40.3 Å². The number of nitro groups is 1. The van der Waals surface area contributed by atoms with E-state index in [0.717, 1.165) is 11.8 Å². The smallest absolute Gasteiger partial charge is 0.337 e. The van der Waals surface area contributed by atoms with Gasteiger partial charge in [0.05, 0.1) is 15.5 Å². The van der Waals surface area contributed by atoms with Gasteiger partial charge in [-0.1, -0.05) is 23.4 Å². The lowest BCUT2D eigenvalue weighted by Crippen LogP contribution is -1.99. The van der Waals surface area contributed by atoms with E-state index in [1.807, 2.05) is 0 Å². The first-order valence-electron chi connectivity index (χ1n) is 5.50. The number of pyridine rings is 1. The summed E-state index contributed by atoms with van der Waals surface area (Å²) in [6.45, 7) is 0. The summed E-state index contributed by atoms with van der Waals surface area (Å²) in [5, 5.41) is 20.2. The number of benzene rings is 1. The highest BCUT2D eigenvalue weighted by molar-refractivity contribution is 7.99. The van der Waals surface area contributed by atoms with Gasteiger partial charge in [-0.2, -0.15) is 0 Å². The van der Waals surface area contributed by atoms with Gasteiger partial charge in [0.15, 0.2) is 0 Å². The Hall–Kier alpha value is -2.32. The number of nitrogen functional groups attached to an aromatic ring is 1. The summed E-state index contributed by atoms with van der Waals surface area (Å²) in [5.74, 6) is -1.34. The number of carbonyl (C=O) groups is 1. The molecule has 0 saturated carbocycles. The minimum absolute atomic E-state index is 0.0310. The fraction of sp³-hybridized carbons (Fsp3) is 0. The molecule has 2 aromatic rings. The number of nitrogens with zero attached hydrogens (tertiary/aromatic N) is 2. The lowest BCUT2D eigenvalue weighted by atomic mass is 10.2. The van der Waals surface area contributed by atoms with E-state index in [2.05, 4.69) is 4.98 Å². The fourth-order valence-corrected chi connectivity index (χ4v) is 2.55. The van der Waals surface area contributed by atoms with Crippen molar-refractivity contribution in [1.29, 1.82) is 0 Å². The van der Waals surface area contributed by atoms with Gasteiger partial charge in [0.25, 0.3) is 0 Å². The number of aromatic nitrogens is 1. The molecule has 0 aliphatic rings. The lowest BCUT2D eigenvalue weighted by molar-refractivity contribution is -0.384. The summed E-state index contributed by atoms with van der Waals surface area (Å²) in [5.41, 5.74) is 5.19. The summed E-state index contributed by atoms with van der Waals surface area (Å²) < 4.78 is 0. The molecule has 0 aliphatic heterocycles. The first-order valence-corrected chi connectivity index (χ1v) is 6.69. The van der Waals surface area contributed by atoms with E-state index >= 15 is 0 Å². The monoisotopic (exact) mass is 325 g/mol. The van der Waals surface area contributed by atoms with E-state index in [0.29, 0.717) is 9.92 Å². The van der Waals surface area contributed by atoms with Gasteiger partial charge in [-0.15, -0.1) is 0 Å². The third kappa shape index (κ3) is 3.41. The molecule has 2 rings (SSSR count). The van der Waals surface area contributed by atoms with Crippen molar-refractivity contribution < 1.29 is 14.8 Å². The van der Waals surface area contributed by atoms with Crippen LogP contribution in [-0.4, -0.2) is 21.0 Å². The number of hydrogen-bond donors (Lipinski definition) is 2. The summed E-state index contributed by atoms with van der Waals surface area (Å²) in [6, 6.07) is 7.17. The molecule has 0 amide bonds. The zero-order valence-electron chi connectivity index (χ0n) is 10.3. The van der Waals surface area contributed by atoms with Crippen LogP contribution in [-0.2, 0) is 0 Å². The van der Waals surface area contributed by atoms with Crippen molar-refractivity contribution in [3.63, 3.8) is 0 Å². The van der Waals surface area contributed by atoms with E-state index < -0.39 is 10.9 Å². The molecule has 0 atom stereocenters. The van der Waals surface area contributed by atoms with Crippen LogP contribution in [0.5, 0.6) is 0 Å². The maximum atomic E-state index is 11.0. The number of carboxylic acids is 1. The number of aromatic carboxylic acids is 1. The molecule has 0 fully saturated rings. The molecule has 21 heavy (non-hydrogen) atoms. The summed E-state index contributed by atoms with van der Waals surface area (Å²) in [7, 11) is 0. The lowest BCUT2D eigenvalue weighted by Gasteiger charge is -2.05. The van der Waals surface area contributed by atoms with E-state index in [4.69, 9.17) is 22.4 Å². The Morgan fingerprint density at radius 3 is 2.67 bits per heavy atom. The van der Waals surface area contributed by atoms with Gasteiger partial charge in [0.1, 0.15) is 5.03 Å². The Morgan fingerprint density at radius 2 is 2.10 bits per heavy atom. The van der Waals surface area contributed by atoms with Gasteiger partial charge < -0.3 is 10.8 Å². The molecule has 0 saturated heterocycles. The minimum Gasteiger partial charge on any atom is -0.478 e. The number of rotatable bonds is 4. The Bertz CT molecular complexity index is 738. The van der Waals surface area contributed by atoms with Crippen LogP contribution in [0.1, 0.15) is 10.4 Å². The molecule has 1 heterocycles. The highest BCUT2D eigenvalue weighted by Gasteiger charge is 2.14. The molecule has 7 nitrogen and oxygen atoms in total. The predicted molar refractivity (Wildman–Crippen MR) is 77.8 cm³/mol. The van der Waals surface area contributed by atoms with Crippen molar-refractivity contribution in [2.75, 3.05) is 5.73 Å². The van der Waals surface area contributed by atoms with Gasteiger partial charge in [-0.25, -0.2) is 9.78 Å². The third-order valence-electron chi connectivity index (χ3n) is 2.46. The van der Waals surface area contributed by atoms with Crippen LogP contribution in [0.2, 0.25) is 5.02 Å². The number of halogens is 1. The van der Waals surface area contributed by atoms with Gasteiger partial charge >= 0.3 is 11.7 Å². The second kappa shape index (κ2) is 5.98. The SMILES string of the molecule is Nc1nc(Sc2ccc(Cl)c(C(=O)O)c2)ccc1[N+](=O)[O-]. The predicted octanol–water partition coefficient (Wildman–Crippen LogP) is 3.07. The van der Waals surface area contributed by atoms with Crippen molar-refractivity contribution >= 4 is 40.8 Å². The third-order valence-corrected chi connectivity index (χ3v) is 3.72. The molecule has 108 valence electrons. The summed E-state index contributed by atoms with van der Waals surface area (Å²) in [6.07, 6.45) is 0. The van der Waals surface area contributed by atoms with Crippen LogP contribution in [0, 0.1) is 10.1 Å². The van der Waals surface area contributed by atoms with Crippen LogP contribution >= 0.6 is 23.4 Å². The van der Waals surface area contributed by atoms with Gasteiger partial charge in [-0.3, -0.25) is 10.1 Å². The van der Waals surface area contributed by atoms with E-state index in [-0.39, 0.29) is 22.1 Å². The Labute approximate surface area is 127 Å². The first-order chi connectivity index (χ1) is 9.88. The molecule has 1 aromatic carbocycles. The van der Waals surface area contributed by atoms with Crippen LogP contribution in [0.3, 0.4) is 0 Å². The number of nitrogens with two attached hydrogens (primary N) is 1. The number of carboxylic acid groups (broad SMARTS) is 1. The zero-order chi connectivity index (χ0) is 15.6. The van der Waals surface area contributed by atoms with Crippen molar-refractivity contribution in [1.82, 2.24) is 4.98 Å². The molecule has 0 aliphatic carbocycles. The molecular weight excluding hydrogens is 318 g/mol. The second-order valence-electron chi connectivity index (χ2n) is 3.86. The molecule has 0 spiro atoms. The first kappa shape index (κ1) is 15.1. The average Bonchev–Trinajstić information content (AvgIpc) is 2.40. The maximum absolute atomic E-state index is 11.0. The molecule has 0 radical (unpaired) electrons.